The number of likely N-dealkylation sites (tertiary alicyclic amines) is 1. The molecular weight excluding hydrogens is 314 g/mol. The van der Waals surface area contributed by atoms with Gasteiger partial charge in [0.1, 0.15) is 11.8 Å². The number of amides is 1. The molecule has 1 unspecified atom stereocenters. The number of piperidine rings is 1. The molecule has 0 bridgehead atoms. The van der Waals surface area contributed by atoms with E-state index in [0.717, 1.165) is 38.1 Å². The van der Waals surface area contributed by atoms with Crippen LogP contribution in [0.2, 0.25) is 0 Å². The van der Waals surface area contributed by atoms with E-state index in [1.54, 1.807) is 18.0 Å². The van der Waals surface area contributed by atoms with Crippen LogP contribution >= 0.6 is 0 Å². The maximum absolute atomic E-state index is 12.6. The molecule has 1 fully saturated rings. The second-order valence-electron chi connectivity index (χ2n) is 6.82. The predicted octanol–water partition coefficient (Wildman–Crippen LogP) is 3.32. The van der Waals surface area contributed by atoms with Gasteiger partial charge in [0, 0.05) is 25.5 Å². The van der Waals surface area contributed by atoms with Crippen molar-refractivity contribution in [1.29, 1.82) is 0 Å². The molecule has 1 aliphatic heterocycles. The van der Waals surface area contributed by atoms with E-state index < -0.39 is 0 Å². The molecule has 0 saturated carbocycles. The van der Waals surface area contributed by atoms with E-state index in [4.69, 9.17) is 4.74 Å². The average Bonchev–Trinajstić information content (AvgIpc) is 3.21. The van der Waals surface area contributed by atoms with Crippen molar-refractivity contribution < 1.29 is 9.53 Å². The van der Waals surface area contributed by atoms with Crippen LogP contribution in [0, 0.1) is 5.92 Å². The Morgan fingerprint density at radius 3 is 2.60 bits per heavy atom. The molecule has 5 nitrogen and oxygen atoms in total. The van der Waals surface area contributed by atoms with Crippen LogP contribution in [0.25, 0.3) is 0 Å². The summed E-state index contributed by atoms with van der Waals surface area (Å²) in [5.74, 6) is 1.78. The van der Waals surface area contributed by atoms with Crippen molar-refractivity contribution in [3.63, 3.8) is 0 Å². The molecule has 1 amide bonds. The lowest BCUT2D eigenvalue weighted by Gasteiger charge is -2.33. The number of carbonyl (C=O) groups excluding carboxylic acids is 1. The molecule has 0 spiro atoms. The molecule has 0 radical (unpaired) electrons. The highest BCUT2D eigenvalue weighted by Gasteiger charge is 2.26. The highest BCUT2D eigenvalue weighted by molar-refractivity contribution is 5.80. The Hall–Kier alpha value is -2.30. The molecule has 1 aromatic carbocycles. The first-order valence-electron chi connectivity index (χ1n) is 9.08. The monoisotopic (exact) mass is 341 g/mol. The lowest BCUT2D eigenvalue weighted by atomic mass is 9.90. The summed E-state index contributed by atoms with van der Waals surface area (Å²) < 4.78 is 6.93. The quantitative estimate of drug-likeness (QED) is 0.810. The van der Waals surface area contributed by atoms with Crippen molar-refractivity contribution in [2.75, 3.05) is 20.2 Å². The van der Waals surface area contributed by atoms with Crippen LogP contribution in [0.15, 0.2) is 42.7 Å². The zero-order valence-corrected chi connectivity index (χ0v) is 15.1. The molecule has 1 aliphatic rings. The number of ether oxygens (including phenoxy) is 1. The average molecular weight is 341 g/mol. The van der Waals surface area contributed by atoms with Gasteiger partial charge >= 0.3 is 0 Å². The summed E-state index contributed by atoms with van der Waals surface area (Å²) in [5, 5.41) is 4.18. The van der Waals surface area contributed by atoms with Crippen LogP contribution in [0.5, 0.6) is 5.75 Å². The SMILES string of the molecule is COc1ccc(CCC2CCN(C(=O)C(C)n3cccn3)CC2)cc1. The van der Waals surface area contributed by atoms with Crippen molar-refractivity contribution >= 4 is 5.91 Å². The topological polar surface area (TPSA) is 47.4 Å². The minimum atomic E-state index is -0.217. The molecule has 5 heteroatoms. The smallest absolute Gasteiger partial charge is 0.247 e. The van der Waals surface area contributed by atoms with E-state index in [1.807, 2.05) is 36.2 Å². The molecule has 25 heavy (non-hydrogen) atoms. The molecular formula is C20H27N3O2. The molecule has 0 N–H and O–H groups in total. The van der Waals surface area contributed by atoms with E-state index in [0.29, 0.717) is 5.92 Å². The highest BCUT2D eigenvalue weighted by atomic mass is 16.5. The molecule has 3 rings (SSSR count). The Balaban J connectivity index is 1.44. The molecule has 2 aromatic rings. The summed E-state index contributed by atoms with van der Waals surface area (Å²) in [6, 6.07) is 9.97. The van der Waals surface area contributed by atoms with E-state index in [1.165, 1.54) is 12.0 Å². The third kappa shape index (κ3) is 4.41. The fourth-order valence-electron chi connectivity index (χ4n) is 3.49. The second kappa shape index (κ2) is 8.19. The van der Waals surface area contributed by atoms with Crippen molar-refractivity contribution in [3.8, 4) is 5.75 Å². The standard InChI is InChI=1S/C20H27N3O2/c1-16(23-13-3-12-21-23)20(24)22-14-10-18(11-15-22)5-4-17-6-8-19(25-2)9-7-17/h3,6-9,12-13,16,18H,4-5,10-11,14-15H2,1-2H3. The number of nitrogens with zero attached hydrogens (tertiary/aromatic N) is 3. The normalized spacial score (nSPS) is 16.6. The molecule has 1 saturated heterocycles. The highest BCUT2D eigenvalue weighted by Crippen LogP contribution is 2.24. The van der Waals surface area contributed by atoms with Crippen molar-refractivity contribution in [3.05, 3.63) is 48.3 Å². The number of aromatic nitrogens is 2. The van der Waals surface area contributed by atoms with Gasteiger partial charge < -0.3 is 9.64 Å². The van der Waals surface area contributed by atoms with Gasteiger partial charge in [-0.05, 0) is 62.3 Å². The first kappa shape index (κ1) is 17.5. The Kier molecular flexibility index (Phi) is 5.74. The van der Waals surface area contributed by atoms with Crippen LogP contribution in [-0.2, 0) is 11.2 Å². The maximum atomic E-state index is 12.6. The summed E-state index contributed by atoms with van der Waals surface area (Å²) in [5.41, 5.74) is 1.35. The summed E-state index contributed by atoms with van der Waals surface area (Å²) in [6.45, 7) is 3.64. The Morgan fingerprint density at radius 1 is 1.28 bits per heavy atom. The summed E-state index contributed by atoms with van der Waals surface area (Å²) in [6.07, 6.45) is 8.02. The number of benzene rings is 1. The number of hydrogen-bond acceptors (Lipinski definition) is 3. The van der Waals surface area contributed by atoms with Crippen LogP contribution in [0.4, 0.5) is 0 Å². The zero-order chi connectivity index (χ0) is 17.6. The largest absolute Gasteiger partial charge is 0.497 e. The lowest BCUT2D eigenvalue weighted by Crippen LogP contribution is -2.42. The predicted molar refractivity (Wildman–Crippen MR) is 97.6 cm³/mol. The molecule has 2 heterocycles. The van der Waals surface area contributed by atoms with Gasteiger partial charge in [-0.3, -0.25) is 9.48 Å². The summed E-state index contributed by atoms with van der Waals surface area (Å²) >= 11 is 0. The third-order valence-electron chi connectivity index (χ3n) is 5.21. The zero-order valence-electron chi connectivity index (χ0n) is 15.1. The van der Waals surface area contributed by atoms with Gasteiger partial charge in [0.2, 0.25) is 5.91 Å². The fraction of sp³-hybridized carbons (Fsp3) is 0.500. The third-order valence-corrected chi connectivity index (χ3v) is 5.21. The maximum Gasteiger partial charge on any atom is 0.247 e. The van der Waals surface area contributed by atoms with E-state index in [9.17, 15) is 4.79 Å². The van der Waals surface area contributed by atoms with Crippen molar-refractivity contribution in [2.45, 2.75) is 38.6 Å². The van der Waals surface area contributed by atoms with Gasteiger partial charge in [0.25, 0.3) is 0 Å². The van der Waals surface area contributed by atoms with Gasteiger partial charge in [0.05, 0.1) is 7.11 Å². The summed E-state index contributed by atoms with van der Waals surface area (Å²) in [7, 11) is 1.69. The van der Waals surface area contributed by atoms with Crippen LogP contribution in [0.3, 0.4) is 0 Å². The molecule has 1 atom stereocenters. The second-order valence-corrected chi connectivity index (χ2v) is 6.82. The lowest BCUT2D eigenvalue weighted by molar-refractivity contribution is -0.136. The van der Waals surface area contributed by atoms with Crippen LogP contribution in [0.1, 0.15) is 37.8 Å². The number of methoxy groups -OCH3 is 1. The Morgan fingerprint density at radius 2 is 2.00 bits per heavy atom. The van der Waals surface area contributed by atoms with Gasteiger partial charge in [-0.25, -0.2) is 0 Å². The van der Waals surface area contributed by atoms with Gasteiger partial charge in [0.15, 0.2) is 0 Å². The summed E-state index contributed by atoms with van der Waals surface area (Å²) in [4.78, 5) is 14.6. The molecule has 1 aromatic heterocycles. The van der Waals surface area contributed by atoms with E-state index >= 15 is 0 Å². The van der Waals surface area contributed by atoms with Gasteiger partial charge in [-0.2, -0.15) is 5.10 Å². The Bertz CT molecular complexity index is 659. The van der Waals surface area contributed by atoms with Crippen LogP contribution < -0.4 is 4.74 Å². The fourth-order valence-corrected chi connectivity index (χ4v) is 3.49. The first-order chi connectivity index (χ1) is 12.2. The molecule has 134 valence electrons. The number of rotatable bonds is 6. The number of carbonyl (C=O) groups is 1. The minimum absolute atomic E-state index is 0.178. The minimum Gasteiger partial charge on any atom is -0.497 e. The first-order valence-corrected chi connectivity index (χ1v) is 9.08. The van der Waals surface area contributed by atoms with Crippen LogP contribution in [-0.4, -0.2) is 40.8 Å². The van der Waals surface area contributed by atoms with Crippen molar-refractivity contribution in [2.24, 2.45) is 5.92 Å². The van der Waals surface area contributed by atoms with E-state index in [-0.39, 0.29) is 11.9 Å². The van der Waals surface area contributed by atoms with Crippen molar-refractivity contribution in [1.82, 2.24) is 14.7 Å². The van der Waals surface area contributed by atoms with Gasteiger partial charge in [-0.15, -0.1) is 0 Å². The Labute approximate surface area is 149 Å². The molecule has 0 aliphatic carbocycles. The van der Waals surface area contributed by atoms with Gasteiger partial charge in [-0.1, -0.05) is 12.1 Å². The number of aryl methyl sites for hydroxylation is 1. The number of hydrogen-bond donors (Lipinski definition) is 0. The van der Waals surface area contributed by atoms with E-state index in [2.05, 4.69) is 17.2 Å².